The highest BCUT2D eigenvalue weighted by Gasteiger charge is 2.12. The number of nitrogens with one attached hydrogen (secondary N) is 2. The van der Waals surface area contributed by atoms with Crippen molar-refractivity contribution in [3.63, 3.8) is 0 Å². The fourth-order valence-corrected chi connectivity index (χ4v) is 2.22. The van der Waals surface area contributed by atoms with Gasteiger partial charge < -0.3 is 10.6 Å². The fourth-order valence-electron chi connectivity index (χ4n) is 2.04. The largest absolute Gasteiger partial charge is 0.351 e. The molecule has 126 valence electrons. The number of nitrogens with zero attached hydrogens (tertiary/aromatic N) is 1. The van der Waals surface area contributed by atoms with Crippen molar-refractivity contribution in [3.05, 3.63) is 58.4 Å². The predicted octanol–water partition coefficient (Wildman–Crippen LogP) is 3.83. The van der Waals surface area contributed by atoms with Crippen molar-refractivity contribution < 1.29 is 9.59 Å². The maximum absolute atomic E-state index is 12.3. The predicted molar refractivity (Wildman–Crippen MR) is 95.6 cm³/mol. The van der Waals surface area contributed by atoms with Gasteiger partial charge in [0.15, 0.2) is 0 Å². The third-order valence-electron chi connectivity index (χ3n) is 3.50. The van der Waals surface area contributed by atoms with E-state index < -0.39 is 0 Å². The topological polar surface area (TPSA) is 71.1 Å². The Morgan fingerprint density at radius 2 is 1.96 bits per heavy atom. The van der Waals surface area contributed by atoms with E-state index in [-0.39, 0.29) is 17.5 Å². The van der Waals surface area contributed by atoms with E-state index in [1.807, 2.05) is 19.9 Å². The van der Waals surface area contributed by atoms with Gasteiger partial charge in [-0.15, -0.1) is 0 Å². The molecule has 5 nitrogen and oxygen atoms in total. The van der Waals surface area contributed by atoms with Crippen LogP contribution in [-0.4, -0.2) is 23.3 Å². The van der Waals surface area contributed by atoms with Crippen molar-refractivity contribution in [2.24, 2.45) is 0 Å². The van der Waals surface area contributed by atoms with E-state index >= 15 is 0 Å². The molecular weight excluding hydrogens is 326 g/mol. The first-order valence-corrected chi connectivity index (χ1v) is 8.21. The Morgan fingerprint density at radius 1 is 1.17 bits per heavy atom. The monoisotopic (exact) mass is 345 g/mol. The molecule has 1 aromatic heterocycles. The van der Waals surface area contributed by atoms with E-state index in [2.05, 4.69) is 15.6 Å². The normalized spacial score (nSPS) is 10.3. The number of benzene rings is 1. The van der Waals surface area contributed by atoms with Crippen molar-refractivity contribution in [2.45, 2.75) is 26.7 Å². The first-order chi connectivity index (χ1) is 11.5. The standard InChI is InChI=1S/C18H20ClN3O2/c1-3-4-8-21-18(24)16-10-13(7-9-20-16)17(23)22-14-6-5-12(2)15(19)11-14/h5-7,9-11H,3-4,8H2,1-2H3,(H,21,24)(H,22,23). The molecule has 0 saturated heterocycles. The van der Waals surface area contributed by atoms with Gasteiger partial charge in [0.1, 0.15) is 5.69 Å². The summed E-state index contributed by atoms with van der Waals surface area (Å²) in [5, 5.41) is 6.12. The minimum atomic E-state index is -0.320. The lowest BCUT2D eigenvalue weighted by atomic mass is 10.2. The number of halogens is 1. The van der Waals surface area contributed by atoms with Gasteiger partial charge in [0, 0.05) is 29.0 Å². The molecule has 0 fully saturated rings. The van der Waals surface area contributed by atoms with Crippen LogP contribution in [0, 0.1) is 6.92 Å². The smallest absolute Gasteiger partial charge is 0.269 e. The lowest BCUT2D eigenvalue weighted by Gasteiger charge is -2.08. The maximum atomic E-state index is 12.3. The van der Waals surface area contributed by atoms with Crippen LogP contribution < -0.4 is 10.6 Å². The maximum Gasteiger partial charge on any atom is 0.269 e. The molecule has 0 atom stereocenters. The third kappa shape index (κ3) is 4.80. The Morgan fingerprint density at radius 3 is 2.67 bits per heavy atom. The van der Waals surface area contributed by atoms with Crippen molar-refractivity contribution >= 4 is 29.1 Å². The molecule has 0 aliphatic heterocycles. The quantitative estimate of drug-likeness (QED) is 0.782. The molecule has 0 radical (unpaired) electrons. The summed E-state index contributed by atoms with van der Waals surface area (Å²) in [5.74, 6) is -0.601. The molecule has 6 heteroatoms. The van der Waals surface area contributed by atoms with Crippen LogP contribution in [0.1, 0.15) is 46.2 Å². The Labute approximate surface area is 146 Å². The molecule has 1 heterocycles. The first-order valence-electron chi connectivity index (χ1n) is 7.83. The second-order valence-corrected chi connectivity index (χ2v) is 5.86. The zero-order chi connectivity index (χ0) is 17.5. The van der Waals surface area contributed by atoms with Gasteiger partial charge in [0.05, 0.1) is 0 Å². The second kappa shape index (κ2) is 8.45. The zero-order valence-electron chi connectivity index (χ0n) is 13.7. The van der Waals surface area contributed by atoms with E-state index in [1.165, 1.54) is 12.3 Å². The highest BCUT2D eigenvalue weighted by molar-refractivity contribution is 6.31. The molecule has 2 rings (SSSR count). The van der Waals surface area contributed by atoms with E-state index in [9.17, 15) is 9.59 Å². The zero-order valence-corrected chi connectivity index (χ0v) is 14.5. The number of carbonyl (C=O) groups excluding carboxylic acids is 2. The number of hydrogen-bond donors (Lipinski definition) is 2. The van der Waals surface area contributed by atoms with Gasteiger partial charge in [-0.1, -0.05) is 31.0 Å². The van der Waals surface area contributed by atoms with E-state index in [0.29, 0.717) is 22.8 Å². The number of anilines is 1. The van der Waals surface area contributed by atoms with Crippen molar-refractivity contribution in [1.29, 1.82) is 0 Å². The summed E-state index contributed by atoms with van der Waals surface area (Å²) in [6.07, 6.45) is 3.35. The van der Waals surface area contributed by atoms with E-state index in [1.54, 1.807) is 18.2 Å². The average Bonchev–Trinajstić information content (AvgIpc) is 2.58. The Kier molecular flexibility index (Phi) is 6.32. The lowest BCUT2D eigenvalue weighted by molar-refractivity contribution is 0.0948. The fraction of sp³-hybridized carbons (Fsp3) is 0.278. The van der Waals surface area contributed by atoms with Crippen LogP contribution >= 0.6 is 11.6 Å². The minimum absolute atomic E-state index is 0.223. The number of hydrogen-bond acceptors (Lipinski definition) is 3. The summed E-state index contributed by atoms with van der Waals surface area (Å²) in [7, 11) is 0. The summed E-state index contributed by atoms with van der Waals surface area (Å²) in [5.41, 5.74) is 2.12. The number of aryl methyl sites for hydroxylation is 1. The Hall–Kier alpha value is -2.40. The van der Waals surface area contributed by atoms with E-state index in [4.69, 9.17) is 11.6 Å². The number of rotatable bonds is 6. The summed E-state index contributed by atoms with van der Waals surface area (Å²) in [6, 6.07) is 8.34. The van der Waals surface area contributed by atoms with Crippen molar-refractivity contribution in [1.82, 2.24) is 10.3 Å². The Bertz CT molecular complexity index is 747. The molecule has 2 N–H and O–H groups in total. The molecule has 0 aliphatic carbocycles. The second-order valence-electron chi connectivity index (χ2n) is 5.46. The van der Waals surface area contributed by atoms with Crippen molar-refractivity contribution in [2.75, 3.05) is 11.9 Å². The molecule has 24 heavy (non-hydrogen) atoms. The number of pyridine rings is 1. The average molecular weight is 346 g/mol. The van der Waals surface area contributed by atoms with Crippen LogP contribution in [-0.2, 0) is 0 Å². The summed E-state index contributed by atoms with van der Waals surface area (Å²) >= 11 is 6.06. The van der Waals surface area contributed by atoms with Gasteiger partial charge in [-0.2, -0.15) is 0 Å². The summed E-state index contributed by atoms with van der Waals surface area (Å²) in [6.45, 7) is 4.53. The molecule has 0 bridgehead atoms. The number of amides is 2. The van der Waals surface area contributed by atoms with Gasteiger partial charge in [-0.3, -0.25) is 14.6 Å². The highest BCUT2D eigenvalue weighted by Crippen LogP contribution is 2.20. The number of carbonyl (C=O) groups is 2. The highest BCUT2D eigenvalue weighted by atomic mass is 35.5. The molecule has 0 saturated carbocycles. The van der Waals surface area contributed by atoms with Crippen molar-refractivity contribution in [3.8, 4) is 0 Å². The summed E-state index contributed by atoms with van der Waals surface area (Å²) < 4.78 is 0. The number of aromatic nitrogens is 1. The first kappa shape index (κ1) is 17.9. The molecular formula is C18H20ClN3O2. The van der Waals surface area contributed by atoms with Gasteiger partial charge in [0.25, 0.3) is 11.8 Å². The molecule has 0 aliphatic rings. The lowest BCUT2D eigenvalue weighted by Crippen LogP contribution is -2.25. The van der Waals surface area contributed by atoms with Crippen LogP contribution in [0.5, 0.6) is 0 Å². The van der Waals surface area contributed by atoms with Gasteiger partial charge >= 0.3 is 0 Å². The Balaban J connectivity index is 2.08. The minimum Gasteiger partial charge on any atom is -0.351 e. The van der Waals surface area contributed by atoms with Crippen LogP contribution in [0.15, 0.2) is 36.5 Å². The molecule has 0 unspecified atom stereocenters. The van der Waals surface area contributed by atoms with Gasteiger partial charge in [0.2, 0.25) is 0 Å². The number of unbranched alkanes of at least 4 members (excludes halogenated alkanes) is 1. The SMILES string of the molecule is CCCCNC(=O)c1cc(C(=O)Nc2ccc(C)c(Cl)c2)ccn1. The van der Waals surface area contributed by atoms with Gasteiger partial charge in [-0.25, -0.2) is 0 Å². The molecule has 0 spiro atoms. The van der Waals surface area contributed by atoms with Gasteiger partial charge in [-0.05, 0) is 43.2 Å². The van der Waals surface area contributed by atoms with Crippen LogP contribution in [0.4, 0.5) is 5.69 Å². The van der Waals surface area contributed by atoms with Crippen LogP contribution in [0.3, 0.4) is 0 Å². The van der Waals surface area contributed by atoms with E-state index in [0.717, 1.165) is 18.4 Å². The van der Waals surface area contributed by atoms with Crippen LogP contribution in [0.25, 0.3) is 0 Å². The molecule has 1 aromatic carbocycles. The molecule has 2 aromatic rings. The molecule has 2 amide bonds. The summed E-state index contributed by atoms with van der Waals surface area (Å²) in [4.78, 5) is 28.4. The third-order valence-corrected chi connectivity index (χ3v) is 3.91. The van der Waals surface area contributed by atoms with Crippen LogP contribution in [0.2, 0.25) is 5.02 Å².